The van der Waals surface area contributed by atoms with Crippen molar-refractivity contribution in [2.24, 2.45) is 0 Å². The zero-order valence-corrected chi connectivity index (χ0v) is 14.7. The lowest BCUT2D eigenvalue weighted by molar-refractivity contribution is 0.132. The maximum Gasteiger partial charge on any atom is 0.167 e. The van der Waals surface area contributed by atoms with Gasteiger partial charge in [0.15, 0.2) is 11.6 Å². The molecule has 1 unspecified atom stereocenters. The fourth-order valence-corrected chi connectivity index (χ4v) is 3.32. The molecule has 7 nitrogen and oxygen atoms in total. The molecule has 2 heterocycles. The van der Waals surface area contributed by atoms with Gasteiger partial charge in [-0.25, -0.2) is 4.98 Å². The second-order valence-corrected chi connectivity index (χ2v) is 6.19. The zero-order valence-electron chi connectivity index (χ0n) is 14.7. The number of aromatic amines is 1. The minimum Gasteiger partial charge on any atom is -0.496 e. The highest BCUT2D eigenvalue weighted by Crippen LogP contribution is 2.32. The molecule has 7 heteroatoms. The minimum atomic E-state index is 0.158. The monoisotopic (exact) mass is 341 g/mol. The standard InChI is InChI=1S/C18H23N5O2/c1-24-12-17-20-18(22-21-17)15-5-3-4-8-23(15)11-14-9-13(10-19)6-7-16(14)25-2/h6-7,9,15H,3-5,8,11-12H2,1-2H3,(H,20,21,22). The molecule has 0 spiro atoms. The summed E-state index contributed by atoms with van der Waals surface area (Å²) in [6, 6.07) is 7.90. The summed E-state index contributed by atoms with van der Waals surface area (Å²) < 4.78 is 10.6. The fraction of sp³-hybridized carbons (Fsp3) is 0.500. The van der Waals surface area contributed by atoms with Crippen LogP contribution < -0.4 is 4.74 Å². The molecule has 3 rings (SSSR count). The maximum absolute atomic E-state index is 9.17. The van der Waals surface area contributed by atoms with Gasteiger partial charge in [0.25, 0.3) is 0 Å². The summed E-state index contributed by atoms with van der Waals surface area (Å²) in [5.74, 6) is 2.35. The number of hydrogen-bond donors (Lipinski definition) is 1. The number of nitriles is 1. The van der Waals surface area contributed by atoms with Crippen molar-refractivity contribution in [1.82, 2.24) is 20.1 Å². The Bertz CT molecular complexity index is 752. The van der Waals surface area contributed by atoms with Gasteiger partial charge in [0.05, 0.1) is 24.8 Å². The van der Waals surface area contributed by atoms with Crippen molar-refractivity contribution in [3.8, 4) is 11.8 Å². The van der Waals surface area contributed by atoms with Crippen molar-refractivity contribution < 1.29 is 9.47 Å². The van der Waals surface area contributed by atoms with Gasteiger partial charge in [-0.05, 0) is 37.6 Å². The van der Waals surface area contributed by atoms with E-state index >= 15 is 0 Å². The number of nitrogens with one attached hydrogen (secondary N) is 1. The lowest BCUT2D eigenvalue weighted by Gasteiger charge is -2.34. The van der Waals surface area contributed by atoms with Gasteiger partial charge < -0.3 is 9.47 Å². The molecule has 1 aromatic heterocycles. The van der Waals surface area contributed by atoms with Crippen LogP contribution in [0, 0.1) is 11.3 Å². The second-order valence-electron chi connectivity index (χ2n) is 6.19. The number of benzene rings is 1. The third-order valence-electron chi connectivity index (χ3n) is 4.52. The van der Waals surface area contributed by atoms with Crippen LogP contribution in [0.5, 0.6) is 5.75 Å². The van der Waals surface area contributed by atoms with E-state index in [1.807, 2.05) is 12.1 Å². The number of likely N-dealkylation sites (tertiary alicyclic amines) is 1. The van der Waals surface area contributed by atoms with Crippen LogP contribution >= 0.6 is 0 Å². The minimum absolute atomic E-state index is 0.158. The van der Waals surface area contributed by atoms with Crippen LogP contribution in [-0.2, 0) is 17.9 Å². The van der Waals surface area contributed by atoms with Crippen LogP contribution in [0.4, 0.5) is 0 Å². The van der Waals surface area contributed by atoms with E-state index < -0.39 is 0 Å². The fourth-order valence-electron chi connectivity index (χ4n) is 3.32. The van der Waals surface area contributed by atoms with Gasteiger partial charge in [0.2, 0.25) is 0 Å². The van der Waals surface area contributed by atoms with Crippen molar-refractivity contribution in [3.05, 3.63) is 41.0 Å². The first-order valence-corrected chi connectivity index (χ1v) is 8.46. The Morgan fingerprint density at radius 2 is 2.24 bits per heavy atom. The number of hydrogen-bond acceptors (Lipinski definition) is 6. The zero-order chi connectivity index (χ0) is 17.6. The smallest absolute Gasteiger partial charge is 0.167 e. The lowest BCUT2D eigenvalue weighted by Crippen LogP contribution is -2.33. The summed E-state index contributed by atoms with van der Waals surface area (Å²) in [4.78, 5) is 6.94. The van der Waals surface area contributed by atoms with E-state index in [0.717, 1.165) is 48.8 Å². The highest BCUT2D eigenvalue weighted by atomic mass is 16.5. The molecule has 1 atom stereocenters. The molecule has 2 aromatic rings. The van der Waals surface area contributed by atoms with E-state index in [1.165, 1.54) is 0 Å². The van der Waals surface area contributed by atoms with Crippen molar-refractivity contribution >= 4 is 0 Å². The quantitative estimate of drug-likeness (QED) is 0.869. The van der Waals surface area contributed by atoms with Crippen molar-refractivity contribution in [2.75, 3.05) is 20.8 Å². The Morgan fingerprint density at radius 1 is 1.36 bits per heavy atom. The molecule has 25 heavy (non-hydrogen) atoms. The molecule has 1 fully saturated rings. The Balaban J connectivity index is 1.83. The first-order valence-electron chi connectivity index (χ1n) is 8.46. The van der Waals surface area contributed by atoms with Crippen molar-refractivity contribution in [3.63, 3.8) is 0 Å². The molecule has 1 N–H and O–H groups in total. The van der Waals surface area contributed by atoms with Crippen LogP contribution in [0.3, 0.4) is 0 Å². The Hall–Kier alpha value is -2.43. The summed E-state index contributed by atoms with van der Waals surface area (Å²) in [5, 5.41) is 16.5. The third-order valence-corrected chi connectivity index (χ3v) is 4.52. The predicted octanol–water partition coefficient (Wildman–Crippen LogP) is 2.56. The average Bonchev–Trinajstić information content (AvgIpc) is 3.11. The third kappa shape index (κ3) is 3.98. The Morgan fingerprint density at radius 3 is 3.00 bits per heavy atom. The van der Waals surface area contributed by atoms with E-state index in [1.54, 1.807) is 20.3 Å². The van der Waals surface area contributed by atoms with E-state index in [2.05, 4.69) is 26.2 Å². The van der Waals surface area contributed by atoms with Gasteiger partial charge in [0.1, 0.15) is 12.4 Å². The van der Waals surface area contributed by atoms with Crippen molar-refractivity contribution in [1.29, 1.82) is 5.26 Å². The number of ether oxygens (including phenoxy) is 2. The number of H-pyrrole nitrogens is 1. The van der Waals surface area contributed by atoms with Crippen LogP contribution in [0.1, 0.15) is 48.1 Å². The maximum atomic E-state index is 9.17. The lowest BCUT2D eigenvalue weighted by atomic mass is 10.00. The number of nitrogens with zero attached hydrogens (tertiary/aromatic N) is 4. The number of aromatic nitrogens is 3. The molecule has 0 saturated carbocycles. The largest absolute Gasteiger partial charge is 0.496 e. The van der Waals surface area contributed by atoms with E-state index in [4.69, 9.17) is 9.47 Å². The second kappa shape index (κ2) is 8.10. The summed E-state index contributed by atoms with van der Waals surface area (Å²) in [6.07, 6.45) is 3.32. The van der Waals surface area contributed by atoms with E-state index in [9.17, 15) is 5.26 Å². The Kier molecular flexibility index (Phi) is 5.64. The van der Waals surface area contributed by atoms with E-state index in [0.29, 0.717) is 18.7 Å². The van der Waals surface area contributed by atoms with Gasteiger partial charge >= 0.3 is 0 Å². The van der Waals surface area contributed by atoms with Crippen LogP contribution in [-0.4, -0.2) is 40.8 Å². The van der Waals surface area contributed by atoms with Gasteiger partial charge in [-0.3, -0.25) is 10.00 Å². The van der Waals surface area contributed by atoms with E-state index in [-0.39, 0.29) is 6.04 Å². The van der Waals surface area contributed by atoms with Gasteiger partial charge in [-0.15, -0.1) is 0 Å². The average molecular weight is 341 g/mol. The number of piperidine rings is 1. The number of rotatable bonds is 6. The predicted molar refractivity (Wildman–Crippen MR) is 91.8 cm³/mol. The molecular weight excluding hydrogens is 318 g/mol. The topological polar surface area (TPSA) is 87.1 Å². The van der Waals surface area contributed by atoms with Crippen LogP contribution in [0.15, 0.2) is 18.2 Å². The molecule has 1 aliphatic rings. The molecule has 0 radical (unpaired) electrons. The highest BCUT2D eigenvalue weighted by molar-refractivity contribution is 5.42. The molecule has 1 aliphatic heterocycles. The summed E-state index contributed by atoms with van der Waals surface area (Å²) >= 11 is 0. The summed E-state index contributed by atoms with van der Waals surface area (Å²) in [5.41, 5.74) is 1.66. The summed E-state index contributed by atoms with van der Waals surface area (Å²) in [7, 11) is 3.30. The van der Waals surface area contributed by atoms with Crippen LogP contribution in [0.2, 0.25) is 0 Å². The van der Waals surface area contributed by atoms with Gasteiger partial charge in [-0.2, -0.15) is 10.4 Å². The normalized spacial score (nSPS) is 18.0. The van der Waals surface area contributed by atoms with Gasteiger partial charge in [-0.1, -0.05) is 6.42 Å². The molecular formula is C18H23N5O2. The van der Waals surface area contributed by atoms with Crippen molar-refractivity contribution in [2.45, 2.75) is 38.5 Å². The Labute approximate surface area is 147 Å². The first kappa shape index (κ1) is 17.4. The molecule has 1 saturated heterocycles. The van der Waals surface area contributed by atoms with Gasteiger partial charge in [0, 0.05) is 19.2 Å². The van der Waals surface area contributed by atoms with Crippen LogP contribution in [0.25, 0.3) is 0 Å². The summed E-state index contributed by atoms with van der Waals surface area (Å²) in [6.45, 7) is 2.11. The number of methoxy groups -OCH3 is 2. The molecule has 0 aliphatic carbocycles. The first-order chi connectivity index (χ1) is 12.2. The highest BCUT2D eigenvalue weighted by Gasteiger charge is 2.28. The molecule has 0 bridgehead atoms. The SMILES string of the molecule is COCc1nc(C2CCCCN2Cc2cc(C#N)ccc2OC)n[nH]1. The molecule has 132 valence electrons. The molecule has 1 aromatic carbocycles. The molecule has 0 amide bonds.